The third-order valence-corrected chi connectivity index (χ3v) is 9.39. The van der Waals surface area contributed by atoms with E-state index >= 15 is 0 Å². The van der Waals surface area contributed by atoms with Crippen molar-refractivity contribution >= 4 is 19.8 Å². The van der Waals surface area contributed by atoms with Crippen molar-refractivity contribution in [3.63, 3.8) is 0 Å². The van der Waals surface area contributed by atoms with Crippen molar-refractivity contribution in [2.75, 3.05) is 13.2 Å². The minimum atomic E-state index is -4.77. The van der Waals surface area contributed by atoms with Gasteiger partial charge in [-0.25, -0.2) is 4.57 Å². The molecule has 0 rings (SSSR count). The highest BCUT2D eigenvalue weighted by molar-refractivity contribution is 7.46. The minimum Gasteiger partial charge on any atom is -0.462 e. The smallest absolute Gasteiger partial charge is 0.462 e. The number of hydrogen-bond acceptors (Lipinski definition) is 6. The molecule has 0 bridgehead atoms. The molecule has 320 valence electrons. The fourth-order valence-electron chi connectivity index (χ4n) is 5.73. The van der Waals surface area contributed by atoms with Crippen LogP contribution >= 0.6 is 7.82 Å². The Morgan fingerprint density at radius 2 is 0.804 bits per heavy atom. The monoisotopic (exact) mass is 803 g/mol. The third-order valence-electron chi connectivity index (χ3n) is 8.91. The zero-order valence-corrected chi connectivity index (χ0v) is 36.1. The molecule has 0 aromatic carbocycles. The lowest BCUT2D eigenvalue weighted by molar-refractivity contribution is -0.161. The summed E-state index contributed by atoms with van der Waals surface area (Å²) in [5, 5.41) is 0. The molecule has 0 fully saturated rings. The number of esters is 2. The summed E-state index contributed by atoms with van der Waals surface area (Å²) in [7, 11) is -4.77. The number of phosphoric acid groups is 1. The third kappa shape index (κ3) is 44.0. The Balaban J connectivity index is 3.92. The molecule has 8 nitrogen and oxygen atoms in total. The summed E-state index contributed by atoms with van der Waals surface area (Å²) >= 11 is 0. The molecule has 0 spiro atoms. The van der Waals surface area contributed by atoms with Crippen LogP contribution in [0, 0.1) is 0 Å². The van der Waals surface area contributed by atoms with Crippen LogP contribution in [-0.2, 0) is 28.2 Å². The largest absolute Gasteiger partial charge is 0.469 e. The van der Waals surface area contributed by atoms with Crippen LogP contribution in [0.4, 0.5) is 0 Å². The Morgan fingerprint density at radius 3 is 1.20 bits per heavy atom. The maximum atomic E-state index is 12.4. The molecule has 0 aliphatic rings. The van der Waals surface area contributed by atoms with E-state index in [1.807, 2.05) is 0 Å². The fraction of sp³-hybridized carbons (Fsp3) is 0.660. The molecule has 0 aliphatic heterocycles. The molecule has 1 unspecified atom stereocenters. The highest BCUT2D eigenvalue weighted by atomic mass is 31.2. The summed E-state index contributed by atoms with van der Waals surface area (Å²) in [5.41, 5.74) is 0. The summed E-state index contributed by atoms with van der Waals surface area (Å²) in [6, 6.07) is 0. The van der Waals surface area contributed by atoms with Gasteiger partial charge in [0, 0.05) is 12.8 Å². The highest BCUT2D eigenvalue weighted by Gasteiger charge is 2.22. The molecule has 0 aromatic rings. The first-order chi connectivity index (χ1) is 27.3. The van der Waals surface area contributed by atoms with Crippen molar-refractivity contribution in [3.05, 3.63) is 85.1 Å². The van der Waals surface area contributed by atoms with E-state index in [1.165, 1.54) is 38.5 Å². The number of carbonyl (C=O) groups excluding carboxylic acids is 2. The Bertz CT molecular complexity index is 1180. The molecule has 0 aliphatic carbocycles. The molecular formula is C47H79O8P. The van der Waals surface area contributed by atoms with Crippen LogP contribution in [0.2, 0.25) is 0 Å². The number of unbranched alkanes of at least 4 members (excludes halogenated alkanes) is 15. The van der Waals surface area contributed by atoms with E-state index in [2.05, 4.69) is 103 Å². The number of rotatable bonds is 39. The normalized spacial score (nSPS) is 13.3. The SMILES string of the molecule is CC/C=C\C/C=C\C/C=C\C/C=C\CCCCCCCCCCCCC(=O)OC(COC(=O)CCCCCCC/C=C\C/C=C\C/C=C\CC)COP(=O)(O)O. The number of carbonyl (C=O) groups is 2. The van der Waals surface area contributed by atoms with E-state index in [1.54, 1.807) is 0 Å². The lowest BCUT2D eigenvalue weighted by Crippen LogP contribution is -2.29. The van der Waals surface area contributed by atoms with Gasteiger partial charge in [-0.15, -0.1) is 0 Å². The number of ether oxygens (including phenoxy) is 2. The summed E-state index contributed by atoms with van der Waals surface area (Å²) in [6.45, 7) is 3.44. The van der Waals surface area contributed by atoms with Gasteiger partial charge in [0.25, 0.3) is 0 Å². The van der Waals surface area contributed by atoms with Crippen molar-refractivity contribution in [2.24, 2.45) is 0 Å². The molecule has 0 aromatic heterocycles. The number of hydrogen-bond donors (Lipinski definition) is 2. The Labute approximate surface area is 342 Å². The van der Waals surface area contributed by atoms with Gasteiger partial charge in [0.1, 0.15) is 6.61 Å². The van der Waals surface area contributed by atoms with Gasteiger partial charge >= 0.3 is 19.8 Å². The van der Waals surface area contributed by atoms with Gasteiger partial charge < -0.3 is 19.3 Å². The molecule has 2 N–H and O–H groups in total. The molecular weight excluding hydrogens is 723 g/mol. The average Bonchev–Trinajstić information content (AvgIpc) is 3.17. The van der Waals surface area contributed by atoms with Gasteiger partial charge in [0.05, 0.1) is 6.61 Å². The van der Waals surface area contributed by atoms with Crippen molar-refractivity contribution in [1.82, 2.24) is 0 Å². The Morgan fingerprint density at radius 1 is 0.464 bits per heavy atom. The Hall–Kier alpha value is -2.77. The van der Waals surface area contributed by atoms with Crippen molar-refractivity contribution < 1.29 is 37.9 Å². The Kier molecular flexibility index (Phi) is 39.8. The predicted octanol–water partition coefficient (Wildman–Crippen LogP) is 13.6. The first kappa shape index (κ1) is 53.2. The first-order valence-electron chi connectivity index (χ1n) is 21.9. The lowest BCUT2D eigenvalue weighted by Gasteiger charge is -2.18. The molecule has 1 atom stereocenters. The second-order valence-corrected chi connectivity index (χ2v) is 15.5. The lowest BCUT2D eigenvalue weighted by atomic mass is 10.0. The van der Waals surface area contributed by atoms with Gasteiger partial charge in [0.15, 0.2) is 6.10 Å². The highest BCUT2D eigenvalue weighted by Crippen LogP contribution is 2.36. The van der Waals surface area contributed by atoms with Crippen molar-refractivity contribution in [1.29, 1.82) is 0 Å². The fourth-order valence-corrected chi connectivity index (χ4v) is 6.09. The molecule has 0 saturated heterocycles. The second kappa shape index (κ2) is 41.9. The molecule has 56 heavy (non-hydrogen) atoms. The molecule has 0 radical (unpaired) electrons. The van der Waals surface area contributed by atoms with Gasteiger partial charge in [-0.2, -0.15) is 0 Å². The quantitative estimate of drug-likeness (QED) is 0.0273. The van der Waals surface area contributed by atoms with Crippen LogP contribution in [0.3, 0.4) is 0 Å². The molecule has 0 saturated carbocycles. The van der Waals surface area contributed by atoms with E-state index in [9.17, 15) is 14.2 Å². The molecule has 0 amide bonds. The summed E-state index contributed by atoms with van der Waals surface area (Å²) in [4.78, 5) is 42.9. The molecule has 0 heterocycles. The van der Waals surface area contributed by atoms with E-state index in [-0.39, 0.29) is 19.4 Å². The van der Waals surface area contributed by atoms with E-state index in [0.29, 0.717) is 12.8 Å². The zero-order chi connectivity index (χ0) is 41.1. The number of allylic oxidation sites excluding steroid dienone is 14. The van der Waals surface area contributed by atoms with Crippen LogP contribution in [0.25, 0.3) is 0 Å². The van der Waals surface area contributed by atoms with Crippen molar-refractivity contribution in [2.45, 2.75) is 187 Å². The summed E-state index contributed by atoms with van der Waals surface area (Å²) < 4.78 is 26.4. The van der Waals surface area contributed by atoms with Gasteiger partial charge in [-0.05, 0) is 83.5 Å². The standard InChI is InChI=1S/C47H79O8P/c1-3-5-7-9-11-13-15-17-19-20-21-22-23-24-25-26-28-30-32-34-36-38-40-42-47(49)55-45(44-54-56(50,51)52)43-53-46(48)41-39-37-35-33-31-29-27-18-16-14-12-10-8-6-4-2/h5-8,11-14,17-19,21-22,27,45H,3-4,9-10,15-16,20,23-26,28-44H2,1-2H3,(H2,50,51,52)/b7-5-,8-6-,13-11-,14-12-,19-17-,22-21-,27-18-. The first-order valence-corrected chi connectivity index (χ1v) is 23.4. The van der Waals surface area contributed by atoms with Gasteiger partial charge in [-0.3, -0.25) is 14.1 Å². The van der Waals surface area contributed by atoms with Crippen LogP contribution in [0.1, 0.15) is 181 Å². The van der Waals surface area contributed by atoms with Crippen LogP contribution in [0.5, 0.6) is 0 Å². The summed E-state index contributed by atoms with van der Waals surface area (Å²) in [6.07, 6.45) is 55.9. The van der Waals surface area contributed by atoms with Crippen LogP contribution in [0.15, 0.2) is 85.1 Å². The summed E-state index contributed by atoms with van der Waals surface area (Å²) in [5.74, 6) is -0.915. The maximum Gasteiger partial charge on any atom is 0.469 e. The molecule has 9 heteroatoms. The zero-order valence-electron chi connectivity index (χ0n) is 35.3. The van der Waals surface area contributed by atoms with E-state index in [4.69, 9.17) is 19.3 Å². The van der Waals surface area contributed by atoms with Crippen LogP contribution < -0.4 is 0 Å². The minimum absolute atomic E-state index is 0.198. The second-order valence-electron chi connectivity index (χ2n) is 14.3. The van der Waals surface area contributed by atoms with Gasteiger partial charge in [0.2, 0.25) is 0 Å². The topological polar surface area (TPSA) is 119 Å². The van der Waals surface area contributed by atoms with E-state index in [0.717, 1.165) is 103 Å². The van der Waals surface area contributed by atoms with Crippen LogP contribution in [-0.4, -0.2) is 41.0 Å². The maximum absolute atomic E-state index is 12.4. The predicted molar refractivity (Wildman–Crippen MR) is 234 cm³/mol. The number of phosphoric ester groups is 1. The van der Waals surface area contributed by atoms with Gasteiger partial charge in [-0.1, -0.05) is 170 Å². The average molecular weight is 803 g/mol. The van der Waals surface area contributed by atoms with Crippen molar-refractivity contribution in [3.8, 4) is 0 Å². The van der Waals surface area contributed by atoms with E-state index < -0.39 is 32.5 Å².